The Balaban J connectivity index is 1.43. The van der Waals surface area contributed by atoms with Gasteiger partial charge < -0.3 is 30.4 Å². The van der Waals surface area contributed by atoms with Gasteiger partial charge in [0, 0.05) is 23.9 Å². The lowest BCUT2D eigenvalue weighted by Crippen LogP contribution is -2.21. The molecule has 0 aromatic heterocycles. The molecule has 3 rings (SSSR count). The van der Waals surface area contributed by atoms with Crippen LogP contribution in [0.3, 0.4) is 0 Å². The van der Waals surface area contributed by atoms with Crippen LogP contribution >= 0.6 is 0 Å². The lowest BCUT2D eigenvalue weighted by molar-refractivity contribution is -0.185. The average molecular weight is 545 g/mol. The minimum Gasteiger partial charge on any atom is -0.494 e. The predicted molar refractivity (Wildman–Crippen MR) is 139 cm³/mol. The Morgan fingerprint density at radius 1 is 0.821 bits per heavy atom. The van der Waals surface area contributed by atoms with Crippen LogP contribution in [0, 0.1) is 0 Å². The fraction of sp³-hybridized carbons (Fsp3) is 0.214. The van der Waals surface area contributed by atoms with E-state index in [9.17, 15) is 22.8 Å². The zero-order chi connectivity index (χ0) is 28.3. The Kier molecular flexibility index (Phi) is 10.2. The van der Waals surface area contributed by atoms with E-state index in [0.717, 1.165) is 6.08 Å². The highest BCUT2D eigenvalue weighted by atomic mass is 19.3. The molecule has 0 radical (unpaired) electrons. The largest absolute Gasteiger partial charge is 0.494 e. The molecule has 0 aliphatic carbocycles. The average Bonchev–Trinajstić information content (AvgIpc) is 2.90. The van der Waals surface area contributed by atoms with Crippen LogP contribution in [0.4, 0.5) is 24.5 Å². The highest BCUT2D eigenvalue weighted by molar-refractivity contribution is 5.91. The maximum absolute atomic E-state index is 14.5. The predicted octanol–water partition coefficient (Wildman–Crippen LogP) is 5.13. The number of hydrogen-bond acceptors (Lipinski definition) is 8. The van der Waals surface area contributed by atoms with E-state index in [0.29, 0.717) is 22.7 Å². The molecule has 0 aliphatic heterocycles. The van der Waals surface area contributed by atoms with Gasteiger partial charge in [0.15, 0.2) is 0 Å². The van der Waals surface area contributed by atoms with Crippen molar-refractivity contribution < 1.29 is 41.7 Å². The topological polar surface area (TPSA) is 123 Å². The van der Waals surface area contributed by atoms with E-state index >= 15 is 0 Å². The molecule has 4 N–H and O–H groups in total. The Hall–Kier alpha value is -4.67. The molecule has 0 spiro atoms. The van der Waals surface area contributed by atoms with Gasteiger partial charge in [-0.15, -0.1) is 0 Å². The van der Waals surface area contributed by atoms with Gasteiger partial charge in [0.2, 0.25) is 0 Å². The lowest BCUT2D eigenvalue weighted by atomic mass is 10.2. The van der Waals surface area contributed by atoms with Crippen LogP contribution < -0.4 is 20.9 Å². The molecule has 0 amide bonds. The van der Waals surface area contributed by atoms with Crippen molar-refractivity contribution in [2.75, 3.05) is 38.0 Å². The number of anilines is 2. The summed E-state index contributed by atoms with van der Waals surface area (Å²) >= 11 is 0. The minimum absolute atomic E-state index is 0.0910. The van der Waals surface area contributed by atoms with E-state index in [-0.39, 0.29) is 43.1 Å². The molecule has 39 heavy (non-hydrogen) atoms. The summed E-state index contributed by atoms with van der Waals surface area (Å²) in [5.41, 5.74) is 12.2. The van der Waals surface area contributed by atoms with Gasteiger partial charge in [-0.3, -0.25) is 4.39 Å². The first-order valence-corrected chi connectivity index (χ1v) is 11.8. The summed E-state index contributed by atoms with van der Waals surface area (Å²) < 4.78 is 61.3. The zero-order valence-corrected chi connectivity index (χ0v) is 20.8. The molecule has 8 nitrogen and oxygen atoms in total. The van der Waals surface area contributed by atoms with E-state index < -0.39 is 24.7 Å². The highest BCUT2D eigenvalue weighted by Gasteiger charge is 2.34. The van der Waals surface area contributed by atoms with Gasteiger partial charge in [0.05, 0.1) is 24.4 Å². The molecule has 0 aliphatic rings. The van der Waals surface area contributed by atoms with Crippen molar-refractivity contribution in [2.24, 2.45) is 0 Å². The van der Waals surface area contributed by atoms with Crippen LogP contribution in [-0.4, -0.2) is 38.4 Å². The zero-order valence-electron chi connectivity index (χ0n) is 20.8. The van der Waals surface area contributed by atoms with Gasteiger partial charge in [0.25, 0.3) is 0 Å². The SMILES string of the molecule is Nc1cc(N)cc(C(=O)OCCOC(=O)/C=C/c2ccc(OC(F)(F)c3ccc(OCCCF)cc3)cc2)c1. The van der Waals surface area contributed by atoms with Gasteiger partial charge in [-0.25, -0.2) is 9.59 Å². The van der Waals surface area contributed by atoms with Crippen molar-refractivity contribution in [3.63, 3.8) is 0 Å². The third-order valence-electron chi connectivity index (χ3n) is 5.05. The third kappa shape index (κ3) is 9.29. The summed E-state index contributed by atoms with van der Waals surface area (Å²) in [4.78, 5) is 23.9. The Labute approximate surface area is 222 Å². The second kappa shape index (κ2) is 13.8. The maximum Gasteiger partial charge on any atom is 0.426 e. The molecule has 11 heteroatoms. The summed E-state index contributed by atoms with van der Waals surface area (Å²) in [6, 6.07) is 15.0. The van der Waals surface area contributed by atoms with Crippen molar-refractivity contribution in [3.8, 4) is 11.5 Å². The van der Waals surface area contributed by atoms with Crippen LogP contribution in [0.5, 0.6) is 11.5 Å². The van der Waals surface area contributed by atoms with Crippen LogP contribution in [0.1, 0.15) is 27.9 Å². The second-order valence-corrected chi connectivity index (χ2v) is 8.13. The highest BCUT2D eigenvalue weighted by Crippen LogP contribution is 2.32. The summed E-state index contributed by atoms with van der Waals surface area (Å²) in [5, 5.41) is 0. The first-order chi connectivity index (χ1) is 18.7. The monoisotopic (exact) mass is 544 g/mol. The van der Waals surface area contributed by atoms with Gasteiger partial charge in [-0.05, 0) is 66.2 Å². The summed E-state index contributed by atoms with van der Waals surface area (Å²) in [7, 11) is 0. The van der Waals surface area contributed by atoms with E-state index in [2.05, 4.69) is 0 Å². The molecule has 0 heterocycles. The quantitative estimate of drug-likeness (QED) is 0.131. The normalized spacial score (nSPS) is 11.3. The number of nitrogen functional groups attached to an aromatic ring is 2. The van der Waals surface area contributed by atoms with Gasteiger partial charge in [0.1, 0.15) is 24.7 Å². The molecule has 0 bridgehead atoms. The Morgan fingerprint density at radius 3 is 2.08 bits per heavy atom. The number of ether oxygens (including phenoxy) is 4. The van der Waals surface area contributed by atoms with E-state index in [1.54, 1.807) is 0 Å². The van der Waals surface area contributed by atoms with Crippen molar-refractivity contribution in [2.45, 2.75) is 12.5 Å². The molecular weight excluding hydrogens is 517 g/mol. The number of esters is 2. The van der Waals surface area contributed by atoms with Crippen molar-refractivity contribution in [3.05, 3.63) is 89.5 Å². The van der Waals surface area contributed by atoms with Gasteiger partial charge >= 0.3 is 18.0 Å². The van der Waals surface area contributed by atoms with E-state index in [1.807, 2.05) is 0 Å². The van der Waals surface area contributed by atoms with Gasteiger partial charge in [-0.1, -0.05) is 12.1 Å². The number of benzene rings is 3. The molecule has 3 aromatic rings. The number of halogens is 3. The second-order valence-electron chi connectivity index (χ2n) is 8.13. The van der Waals surface area contributed by atoms with Crippen LogP contribution in [0.15, 0.2) is 72.8 Å². The van der Waals surface area contributed by atoms with Crippen molar-refractivity contribution >= 4 is 29.4 Å². The molecule has 0 unspecified atom stereocenters. The summed E-state index contributed by atoms with van der Waals surface area (Å²) in [6.45, 7) is -0.732. The molecule has 0 fully saturated rings. The van der Waals surface area contributed by atoms with Gasteiger partial charge in [-0.2, -0.15) is 8.78 Å². The molecule has 0 atom stereocenters. The smallest absolute Gasteiger partial charge is 0.426 e. The fourth-order valence-corrected chi connectivity index (χ4v) is 3.21. The van der Waals surface area contributed by atoms with Crippen molar-refractivity contribution in [1.29, 1.82) is 0 Å². The third-order valence-corrected chi connectivity index (χ3v) is 5.05. The van der Waals surface area contributed by atoms with Crippen LogP contribution in [0.2, 0.25) is 0 Å². The standard InChI is InChI=1S/C28H27F3N2O6/c29-12-1-13-36-24-9-5-21(6-10-24)28(30,31)39-25-7-2-19(3-8-25)4-11-26(34)37-14-15-38-27(35)20-16-22(32)18-23(33)17-20/h2-11,16-18H,1,12-15,32-33H2/b11-4+. The molecular formula is C28H27F3N2O6. The fourth-order valence-electron chi connectivity index (χ4n) is 3.21. The Bertz CT molecular complexity index is 1260. The number of carbonyl (C=O) groups excluding carboxylic acids is 2. The molecule has 206 valence electrons. The number of nitrogens with two attached hydrogens (primary N) is 2. The minimum atomic E-state index is -3.61. The van der Waals surface area contributed by atoms with Crippen LogP contribution in [-0.2, 0) is 20.4 Å². The van der Waals surface area contributed by atoms with E-state index in [4.69, 9.17) is 30.4 Å². The maximum atomic E-state index is 14.5. The van der Waals surface area contributed by atoms with Crippen molar-refractivity contribution in [1.82, 2.24) is 0 Å². The summed E-state index contributed by atoms with van der Waals surface area (Å²) in [5.74, 6) is -1.10. The molecule has 3 aromatic carbocycles. The first-order valence-electron chi connectivity index (χ1n) is 11.8. The number of carbonyl (C=O) groups is 2. The summed E-state index contributed by atoms with van der Waals surface area (Å²) in [6.07, 6.45) is -0.829. The van der Waals surface area contributed by atoms with E-state index in [1.165, 1.54) is 72.8 Å². The number of hydrogen-bond donors (Lipinski definition) is 2. The number of rotatable bonds is 13. The first kappa shape index (κ1) is 28.9. The Morgan fingerprint density at radius 2 is 1.44 bits per heavy atom. The molecule has 0 saturated heterocycles. The number of alkyl halides is 3. The van der Waals surface area contributed by atoms with Crippen LogP contribution in [0.25, 0.3) is 6.08 Å². The molecule has 0 saturated carbocycles. The lowest BCUT2D eigenvalue weighted by Gasteiger charge is -2.18.